The highest BCUT2D eigenvalue weighted by atomic mass is 16.2. The van der Waals surface area contributed by atoms with Crippen LogP contribution in [0.4, 0.5) is 5.69 Å². The second-order valence-corrected chi connectivity index (χ2v) is 7.31. The largest absolute Gasteiger partial charge is 0.354 e. The number of anilines is 1. The van der Waals surface area contributed by atoms with Crippen molar-refractivity contribution in [1.29, 1.82) is 0 Å². The highest BCUT2D eigenvalue weighted by molar-refractivity contribution is 6.04. The lowest BCUT2D eigenvalue weighted by Crippen LogP contribution is -2.55. The maximum atomic E-state index is 12.8. The van der Waals surface area contributed by atoms with Crippen molar-refractivity contribution in [2.75, 3.05) is 25.0 Å². The van der Waals surface area contributed by atoms with E-state index in [2.05, 4.69) is 22.3 Å². The van der Waals surface area contributed by atoms with Crippen LogP contribution in [0.15, 0.2) is 48.5 Å². The Labute approximate surface area is 160 Å². The van der Waals surface area contributed by atoms with E-state index in [1.165, 1.54) is 5.56 Å². The Hall–Kier alpha value is -2.82. The smallest absolute Gasteiger partial charge is 0.257 e. The van der Waals surface area contributed by atoms with Crippen molar-refractivity contribution in [2.45, 2.75) is 31.8 Å². The van der Waals surface area contributed by atoms with E-state index < -0.39 is 0 Å². The number of fused-ring (bicyclic) bond motifs is 2. The molecule has 0 bridgehead atoms. The zero-order valence-corrected chi connectivity index (χ0v) is 15.6. The summed E-state index contributed by atoms with van der Waals surface area (Å²) in [4.78, 5) is 29.5. The first-order valence-corrected chi connectivity index (χ1v) is 9.65. The second-order valence-electron chi connectivity index (χ2n) is 7.31. The Kier molecular flexibility index (Phi) is 4.84. The van der Waals surface area contributed by atoms with Gasteiger partial charge in [0, 0.05) is 25.7 Å². The summed E-state index contributed by atoms with van der Waals surface area (Å²) < 4.78 is 0. The van der Waals surface area contributed by atoms with Gasteiger partial charge in [0.05, 0.1) is 11.3 Å². The molecular weight excluding hydrogens is 338 g/mol. The molecule has 0 radical (unpaired) electrons. The summed E-state index contributed by atoms with van der Waals surface area (Å²) in [6.45, 7) is 1.40. The molecule has 4 rings (SSSR count). The van der Waals surface area contributed by atoms with Crippen LogP contribution in [-0.4, -0.2) is 43.0 Å². The van der Waals surface area contributed by atoms with E-state index in [1.807, 2.05) is 36.2 Å². The first-order chi connectivity index (χ1) is 13.1. The van der Waals surface area contributed by atoms with Gasteiger partial charge in [-0.2, -0.15) is 0 Å². The first-order valence-electron chi connectivity index (χ1n) is 9.65. The molecule has 27 heavy (non-hydrogen) atoms. The van der Waals surface area contributed by atoms with Crippen LogP contribution in [0.3, 0.4) is 0 Å². The summed E-state index contributed by atoms with van der Waals surface area (Å²) >= 11 is 0. The molecular formula is C22H25N3O2. The van der Waals surface area contributed by atoms with E-state index in [0.717, 1.165) is 37.9 Å². The number of carbonyl (C=O) groups is 2. The molecule has 140 valence electrons. The lowest BCUT2D eigenvalue weighted by molar-refractivity contribution is 0.0589. The number of amides is 2. The van der Waals surface area contributed by atoms with E-state index in [9.17, 15) is 9.59 Å². The molecule has 1 saturated heterocycles. The highest BCUT2D eigenvalue weighted by Gasteiger charge is 2.37. The van der Waals surface area contributed by atoms with Gasteiger partial charge in [-0.15, -0.1) is 0 Å². The summed E-state index contributed by atoms with van der Waals surface area (Å²) in [7, 11) is 2.02. The summed E-state index contributed by atoms with van der Waals surface area (Å²) in [6, 6.07) is 15.5. The lowest BCUT2D eigenvalue weighted by Gasteiger charge is -2.46. The molecule has 2 aromatic carbocycles. The van der Waals surface area contributed by atoms with E-state index in [-0.39, 0.29) is 18.0 Å². The van der Waals surface area contributed by atoms with Crippen LogP contribution in [0.5, 0.6) is 0 Å². The minimum atomic E-state index is -0.0966. The predicted octanol–water partition coefficient (Wildman–Crippen LogP) is 3.06. The van der Waals surface area contributed by atoms with Gasteiger partial charge >= 0.3 is 0 Å². The zero-order valence-electron chi connectivity index (χ0n) is 15.6. The third kappa shape index (κ3) is 3.42. The molecule has 2 aliphatic heterocycles. The topological polar surface area (TPSA) is 52.7 Å². The minimum Gasteiger partial charge on any atom is -0.354 e. The summed E-state index contributed by atoms with van der Waals surface area (Å²) in [6.07, 6.45) is 4.08. The number of rotatable bonds is 4. The molecule has 5 nitrogen and oxygen atoms in total. The Morgan fingerprint density at radius 3 is 2.78 bits per heavy atom. The van der Waals surface area contributed by atoms with E-state index in [4.69, 9.17) is 0 Å². The average molecular weight is 363 g/mol. The average Bonchev–Trinajstić information content (AvgIpc) is 2.72. The Morgan fingerprint density at radius 1 is 1.15 bits per heavy atom. The summed E-state index contributed by atoms with van der Waals surface area (Å²) in [5.74, 6) is -0.00973. The Bertz CT molecular complexity index is 850. The van der Waals surface area contributed by atoms with Gasteiger partial charge in [-0.3, -0.25) is 9.59 Å². The van der Waals surface area contributed by atoms with Gasteiger partial charge in [0.2, 0.25) is 0 Å². The predicted molar refractivity (Wildman–Crippen MR) is 106 cm³/mol. The van der Waals surface area contributed by atoms with Gasteiger partial charge in [-0.25, -0.2) is 0 Å². The number of nitrogens with one attached hydrogen (secondary N) is 1. The fourth-order valence-corrected chi connectivity index (χ4v) is 4.08. The molecule has 1 N–H and O–H groups in total. The van der Waals surface area contributed by atoms with Crippen molar-refractivity contribution in [1.82, 2.24) is 10.2 Å². The van der Waals surface area contributed by atoms with Crippen molar-refractivity contribution in [3.05, 3.63) is 65.2 Å². The van der Waals surface area contributed by atoms with Gasteiger partial charge < -0.3 is 15.1 Å². The normalized spacial score (nSPS) is 18.7. The molecule has 2 aromatic rings. The van der Waals surface area contributed by atoms with Gasteiger partial charge in [-0.05, 0) is 49.4 Å². The molecule has 2 heterocycles. The molecule has 5 heteroatoms. The molecule has 0 aromatic heterocycles. The molecule has 0 spiro atoms. The molecule has 0 unspecified atom stereocenters. The third-order valence-corrected chi connectivity index (χ3v) is 5.59. The van der Waals surface area contributed by atoms with Gasteiger partial charge in [0.1, 0.15) is 6.17 Å². The van der Waals surface area contributed by atoms with Crippen LogP contribution in [0.25, 0.3) is 0 Å². The lowest BCUT2D eigenvalue weighted by atomic mass is 9.97. The van der Waals surface area contributed by atoms with Crippen molar-refractivity contribution in [3.63, 3.8) is 0 Å². The molecule has 1 fully saturated rings. The standard InChI is InChI=1S/C22H25N3O2/c1-24-19-15-17(21(26)23-13-12-16-7-3-2-4-8-16)10-11-18(19)22(27)25-14-6-5-9-20(24)25/h2-4,7-8,10-11,15,20H,5-6,9,12-14H2,1H3,(H,23,26)/t20-/m0/s1. The van der Waals surface area contributed by atoms with E-state index in [0.29, 0.717) is 17.7 Å². The van der Waals surface area contributed by atoms with Crippen molar-refractivity contribution >= 4 is 17.5 Å². The minimum absolute atomic E-state index is 0.0869. The van der Waals surface area contributed by atoms with Crippen LogP contribution >= 0.6 is 0 Å². The quantitative estimate of drug-likeness (QED) is 0.908. The van der Waals surface area contributed by atoms with Gasteiger partial charge in [0.15, 0.2) is 0 Å². The number of hydrogen-bond acceptors (Lipinski definition) is 3. The zero-order chi connectivity index (χ0) is 18.8. The Balaban J connectivity index is 1.48. The van der Waals surface area contributed by atoms with Gasteiger partial charge in [-0.1, -0.05) is 30.3 Å². The van der Waals surface area contributed by atoms with E-state index in [1.54, 1.807) is 12.1 Å². The molecule has 0 aliphatic carbocycles. The molecule has 2 amide bonds. The monoisotopic (exact) mass is 363 g/mol. The summed E-state index contributed by atoms with van der Waals surface area (Å²) in [5.41, 5.74) is 3.35. The number of nitrogens with zero attached hydrogens (tertiary/aromatic N) is 2. The fourth-order valence-electron chi connectivity index (χ4n) is 4.08. The highest BCUT2D eigenvalue weighted by Crippen LogP contribution is 2.34. The number of piperidine rings is 1. The van der Waals surface area contributed by atoms with Crippen LogP contribution in [0.1, 0.15) is 45.5 Å². The van der Waals surface area contributed by atoms with Crippen molar-refractivity contribution in [3.8, 4) is 0 Å². The van der Waals surface area contributed by atoms with E-state index >= 15 is 0 Å². The first kappa shape index (κ1) is 17.6. The number of hydrogen-bond donors (Lipinski definition) is 1. The molecule has 1 atom stereocenters. The second kappa shape index (κ2) is 7.43. The maximum Gasteiger partial charge on any atom is 0.257 e. The number of carbonyl (C=O) groups excluding carboxylic acids is 2. The maximum absolute atomic E-state index is 12.8. The summed E-state index contributed by atoms with van der Waals surface area (Å²) in [5, 5.41) is 2.98. The van der Waals surface area contributed by atoms with Gasteiger partial charge in [0.25, 0.3) is 11.8 Å². The third-order valence-electron chi connectivity index (χ3n) is 5.59. The molecule has 2 aliphatic rings. The van der Waals surface area contributed by atoms with Crippen molar-refractivity contribution < 1.29 is 9.59 Å². The van der Waals surface area contributed by atoms with Crippen LogP contribution in [-0.2, 0) is 6.42 Å². The van der Waals surface area contributed by atoms with Crippen LogP contribution in [0, 0.1) is 0 Å². The fraction of sp³-hybridized carbons (Fsp3) is 0.364. The van der Waals surface area contributed by atoms with Crippen LogP contribution in [0.2, 0.25) is 0 Å². The SMILES string of the molecule is CN1c2cc(C(=O)NCCc3ccccc3)ccc2C(=O)N2CCCC[C@H]21. The molecule has 0 saturated carbocycles. The Morgan fingerprint density at radius 2 is 1.96 bits per heavy atom. The van der Waals surface area contributed by atoms with Crippen molar-refractivity contribution in [2.24, 2.45) is 0 Å². The number of benzene rings is 2. The van der Waals surface area contributed by atoms with Crippen LogP contribution < -0.4 is 10.2 Å².